The number of nitrogens with zero attached hydrogens (tertiary/aromatic N) is 1. The zero-order chi connectivity index (χ0) is 18.9. The molecule has 0 unspecified atom stereocenters. The zero-order valence-corrected chi connectivity index (χ0v) is 15.2. The monoisotopic (exact) mass is 413 g/mol. The summed E-state index contributed by atoms with van der Waals surface area (Å²) in [7, 11) is 0. The van der Waals surface area contributed by atoms with E-state index in [4.69, 9.17) is 5.73 Å². The third-order valence-corrected chi connectivity index (χ3v) is 5.15. The van der Waals surface area contributed by atoms with E-state index < -0.39 is 35.3 Å². The van der Waals surface area contributed by atoms with Gasteiger partial charge in [-0.1, -0.05) is 58.4 Å². The third-order valence-electron chi connectivity index (χ3n) is 4.66. The molecule has 0 spiro atoms. The van der Waals surface area contributed by atoms with Gasteiger partial charge in [0.05, 0.1) is 6.07 Å². The molecule has 1 fully saturated rings. The van der Waals surface area contributed by atoms with Crippen LogP contribution in [0.25, 0.3) is 0 Å². The molecule has 2 aromatic rings. The highest BCUT2D eigenvalue weighted by Crippen LogP contribution is 2.45. The fraction of sp³-hybridized carbons (Fsp3) is 0.211. The maximum Gasteiger partial charge on any atom is 0.235 e. The van der Waals surface area contributed by atoms with E-state index >= 15 is 0 Å². The Morgan fingerprint density at radius 1 is 1.23 bits per heavy atom. The van der Waals surface area contributed by atoms with E-state index in [-0.39, 0.29) is 0 Å². The van der Waals surface area contributed by atoms with Crippen LogP contribution >= 0.6 is 15.9 Å². The highest BCUT2D eigenvalue weighted by Gasteiger charge is 2.55. The Labute approximate surface area is 158 Å². The van der Waals surface area contributed by atoms with Crippen molar-refractivity contribution in [1.82, 2.24) is 5.32 Å². The number of primary amides is 1. The van der Waals surface area contributed by atoms with Crippen molar-refractivity contribution in [3.8, 4) is 6.07 Å². The van der Waals surface area contributed by atoms with Crippen LogP contribution in [0.15, 0.2) is 59.1 Å². The van der Waals surface area contributed by atoms with E-state index in [1.807, 2.05) is 0 Å². The van der Waals surface area contributed by atoms with Gasteiger partial charge in [0.25, 0.3) is 0 Å². The smallest absolute Gasteiger partial charge is 0.235 e. The molecule has 2 amide bonds. The number of rotatable bonds is 3. The SMILES string of the molecule is N#C[C@H]1[C@H](c2cccc(Br)c2)[C@H](C(N)=O)C(=O)N[C@]1(O)c1ccccc1. The molecule has 132 valence electrons. The molecule has 1 aliphatic rings. The summed E-state index contributed by atoms with van der Waals surface area (Å²) in [6, 6.07) is 17.4. The second-order valence-electron chi connectivity index (χ2n) is 6.19. The zero-order valence-electron chi connectivity index (χ0n) is 13.6. The van der Waals surface area contributed by atoms with Crippen molar-refractivity contribution in [2.24, 2.45) is 17.6 Å². The fourth-order valence-corrected chi connectivity index (χ4v) is 3.90. The molecule has 0 aromatic heterocycles. The lowest BCUT2D eigenvalue weighted by atomic mass is 9.67. The van der Waals surface area contributed by atoms with Crippen LogP contribution in [0.5, 0.6) is 0 Å². The molecule has 26 heavy (non-hydrogen) atoms. The average Bonchev–Trinajstić information content (AvgIpc) is 2.61. The van der Waals surface area contributed by atoms with Gasteiger partial charge in [0, 0.05) is 16.0 Å². The third kappa shape index (κ3) is 2.98. The lowest BCUT2D eigenvalue weighted by Crippen LogP contribution is -2.62. The van der Waals surface area contributed by atoms with Crippen LogP contribution in [-0.2, 0) is 15.3 Å². The van der Waals surface area contributed by atoms with Gasteiger partial charge in [0.2, 0.25) is 11.8 Å². The molecule has 1 saturated heterocycles. The Morgan fingerprint density at radius 2 is 1.92 bits per heavy atom. The predicted octanol–water partition coefficient (Wildman–Crippen LogP) is 1.75. The molecule has 3 rings (SSSR count). The van der Waals surface area contributed by atoms with E-state index in [9.17, 15) is 20.0 Å². The molecule has 0 saturated carbocycles. The molecule has 1 aliphatic heterocycles. The van der Waals surface area contributed by atoms with Crippen molar-refractivity contribution < 1.29 is 14.7 Å². The summed E-state index contributed by atoms with van der Waals surface area (Å²) in [5.41, 5.74) is 4.46. The normalized spacial score (nSPS) is 28.0. The van der Waals surface area contributed by atoms with Gasteiger partial charge in [-0.05, 0) is 17.7 Å². The van der Waals surface area contributed by atoms with Gasteiger partial charge in [-0.3, -0.25) is 9.59 Å². The fourth-order valence-electron chi connectivity index (χ4n) is 3.48. The van der Waals surface area contributed by atoms with Crippen LogP contribution < -0.4 is 11.1 Å². The Hall–Kier alpha value is -2.69. The van der Waals surface area contributed by atoms with Crippen molar-refractivity contribution in [3.63, 3.8) is 0 Å². The van der Waals surface area contributed by atoms with Gasteiger partial charge in [0.15, 0.2) is 5.72 Å². The van der Waals surface area contributed by atoms with Gasteiger partial charge in [0.1, 0.15) is 11.8 Å². The van der Waals surface area contributed by atoms with Crippen LogP contribution in [0.4, 0.5) is 0 Å². The van der Waals surface area contributed by atoms with E-state index in [0.29, 0.717) is 11.1 Å². The minimum Gasteiger partial charge on any atom is -0.369 e. The molecular formula is C19H16BrN3O3. The van der Waals surface area contributed by atoms with Crippen LogP contribution in [0, 0.1) is 23.2 Å². The summed E-state index contributed by atoms with van der Waals surface area (Å²) in [4.78, 5) is 24.7. The van der Waals surface area contributed by atoms with E-state index in [2.05, 4.69) is 27.3 Å². The summed E-state index contributed by atoms with van der Waals surface area (Å²) in [5, 5.41) is 23.5. The number of aliphatic hydroxyl groups is 1. The topological polar surface area (TPSA) is 116 Å². The minimum absolute atomic E-state index is 0.364. The quantitative estimate of drug-likeness (QED) is 0.664. The molecule has 7 heteroatoms. The number of amides is 2. The van der Waals surface area contributed by atoms with Gasteiger partial charge >= 0.3 is 0 Å². The van der Waals surface area contributed by atoms with Crippen LogP contribution in [0.3, 0.4) is 0 Å². The molecule has 1 heterocycles. The molecule has 0 radical (unpaired) electrons. The molecule has 4 atom stereocenters. The molecule has 6 nitrogen and oxygen atoms in total. The Balaban J connectivity index is 2.20. The molecule has 4 N–H and O–H groups in total. The molecule has 2 aromatic carbocycles. The van der Waals surface area contributed by atoms with Crippen molar-refractivity contribution in [2.45, 2.75) is 11.6 Å². The first-order valence-corrected chi connectivity index (χ1v) is 8.72. The van der Waals surface area contributed by atoms with Crippen molar-refractivity contribution >= 4 is 27.7 Å². The lowest BCUT2D eigenvalue weighted by molar-refractivity contribution is -0.153. The van der Waals surface area contributed by atoms with Crippen molar-refractivity contribution in [3.05, 3.63) is 70.2 Å². The van der Waals surface area contributed by atoms with Gasteiger partial charge in [-0.25, -0.2) is 0 Å². The molecule has 0 bridgehead atoms. The first kappa shape index (κ1) is 18.1. The van der Waals surface area contributed by atoms with E-state index in [0.717, 1.165) is 4.47 Å². The highest BCUT2D eigenvalue weighted by molar-refractivity contribution is 9.10. The summed E-state index contributed by atoms with van der Waals surface area (Å²) >= 11 is 3.35. The van der Waals surface area contributed by atoms with Crippen LogP contribution in [-0.4, -0.2) is 16.9 Å². The summed E-state index contributed by atoms with van der Waals surface area (Å²) in [5.74, 6) is -4.83. The van der Waals surface area contributed by atoms with Gasteiger partial charge in [-0.2, -0.15) is 5.26 Å². The van der Waals surface area contributed by atoms with Gasteiger partial charge < -0.3 is 16.2 Å². The average molecular weight is 414 g/mol. The minimum atomic E-state index is -1.94. The Morgan fingerprint density at radius 3 is 2.50 bits per heavy atom. The second-order valence-corrected chi connectivity index (χ2v) is 7.10. The first-order valence-electron chi connectivity index (χ1n) is 7.93. The van der Waals surface area contributed by atoms with Crippen LogP contribution in [0.1, 0.15) is 17.0 Å². The number of benzene rings is 2. The number of halogens is 1. The number of carbonyl (C=O) groups is 2. The maximum atomic E-state index is 12.7. The maximum absolute atomic E-state index is 12.7. The number of nitrogens with one attached hydrogen (secondary N) is 1. The lowest BCUT2D eigenvalue weighted by Gasteiger charge is -2.44. The van der Waals surface area contributed by atoms with Crippen molar-refractivity contribution in [1.29, 1.82) is 5.26 Å². The number of piperidine rings is 1. The van der Waals surface area contributed by atoms with Crippen molar-refractivity contribution in [2.75, 3.05) is 0 Å². The Bertz CT molecular complexity index is 896. The highest BCUT2D eigenvalue weighted by atomic mass is 79.9. The second kappa shape index (κ2) is 6.90. The van der Waals surface area contributed by atoms with E-state index in [1.165, 1.54) is 0 Å². The number of hydrogen-bond donors (Lipinski definition) is 3. The first-order chi connectivity index (χ1) is 12.4. The summed E-state index contributed by atoms with van der Waals surface area (Å²) < 4.78 is 0.726. The number of carbonyl (C=O) groups excluding carboxylic acids is 2. The van der Waals surface area contributed by atoms with Gasteiger partial charge in [-0.15, -0.1) is 0 Å². The molecule has 0 aliphatic carbocycles. The van der Waals surface area contributed by atoms with E-state index in [1.54, 1.807) is 54.6 Å². The number of hydrogen-bond acceptors (Lipinski definition) is 4. The standard InChI is InChI=1S/C19H16BrN3O3/c20-13-8-4-5-11(9-13)15-14(10-21)19(26,12-6-2-1-3-7-12)23-18(25)16(15)17(22)24/h1-9,14-16,26H,(H2,22,24)(H,23,25)/t14-,15-,16+,19-/m0/s1. The molecular weight excluding hydrogens is 398 g/mol. The number of nitrogens with two attached hydrogens (primary N) is 1. The van der Waals surface area contributed by atoms with Crippen LogP contribution in [0.2, 0.25) is 0 Å². The number of nitriles is 1. The largest absolute Gasteiger partial charge is 0.369 e. The summed E-state index contributed by atoms with van der Waals surface area (Å²) in [6.07, 6.45) is 0. The summed E-state index contributed by atoms with van der Waals surface area (Å²) in [6.45, 7) is 0. The Kier molecular flexibility index (Phi) is 4.81. The predicted molar refractivity (Wildman–Crippen MR) is 97.2 cm³/mol.